The lowest BCUT2D eigenvalue weighted by Gasteiger charge is -2.19. The topological polar surface area (TPSA) is 18.5 Å². The predicted molar refractivity (Wildman–Crippen MR) is 64.4 cm³/mol. The minimum atomic E-state index is -0.343. The summed E-state index contributed by atoms with van der Waals surface area (Å²) in [4.78, 5) is 0. The fraction of sp³-hybridized carbons (Fsp3) is 0.818. The molecule has 0 aromatic heterocycles. The van der Waals surface area contributed by atoms with Gasteiger partial charge in [0.05, 0.1) is 6.61 Å². The van der Waals surface area contributed by atoms with Crippen molar-refractivity contribution in [2.75, 3.05) is 13.2 Å². The molecule has 0 amide bonds. The van der Waals surface area contributed by atoms with Crippen LogP contribution in [0, 0.1) is 0 Å². The zero-order valence-electron chi connectivity index (χ0n) is 10.1. The zero-order valence-corrected chi connectivity index (χ0v) is 11.5. The zero-order chi connectivity index (χ0) is 11.0. The summed E-state index contributed by atoms with van der Waals surface area (Å²) >= 11 is 0. The van der Waals surface area contributed by atoms with Crippen molar-refractivity contribution in [1.29, 1.82) is 0 Å². The van der Waals surface area contributed by atoms with Gasteiger partial charge in [-0.1, -0.05) is 12.2 Å². The molecule has 0 aliphatic rings. The standard InChI is InChI=1S/C11H24O2Si/c1-10(2)9-12-7-6-8-14-13-11(3,4)5/h1,6-9,14H2,2-5H3. The van der Waals surface area contributed by atoms with Crippen LogP contribution in [-0.2, 0) is 9.16 Å². The molecule has 0 bridgehead atoms. The van der Waals surface area contributed by atoms with Crippen LogP contribution in [0.25, 0.3) is 0 Å². The molecule has 2 nitrogen and oxygen atoms in total. The maximum absolute atomic E-state index is 5.72. The second-order valence-electron chi connectivity index (χ2n) is 4.68. The molecule has 0 aliphatic heterocycles. The molecule has 0 aromatic rings. The van der Waals surface area contributed by atoms with E-state index in [0.717, 1.165) is 18.6 Å². The number of hydrogen-bond donors (Lipinski definition) is 0. The van der Waals surface area contributed by atoms with Gasteiger partial charge in [-0.2, -0.15) is 0 Å². The average molecular weight is 216 g/mol. The third-order valence-corrected chi connectivity index (χ3v) is 3.43. The minimum absolute atomic E-state index is 0.0464. The lowest BCUT2D eigenvalue weighted by atomic mass is 10.2. The maximum atomic E-state index is 5.72. The Morgan fingerprint density at radius 2 is 2.00 bits per heavy atom. The molecule has 0 atom stereocenters. The van der Waals surface area contributed by atoms with E-state index in [9.17, 15) is 0 Å². The quantitative estimate of drug-likeness (QED) is 0.369. The molecular formula is C11H24O2Si. The first-order chi connectivity index (χ1) is 6.42. The molecule has 3 heteroatoms. The van der Waals surface area contributed by atoms with E-state index < -0.39 is 0 Å². The summed E-state index contributed by atoms with van der Waals surface area (Å²) in [6.07, 6.45) is 1.12. The molecule has 0 aliphatic carbocycles. The highest BCUT2D eigenvalue weighted by molar-refractivity contribution is 6.27. The predicted octanol–water partition coefficient (Wildman–Crippen LogP) is 2.29. The Kier molecular flexibility index (Phi) is 7.14. The molecule has 0 aromatic carbocycles. The first kappa shape index (κ1) is 13.9. The van der Waals surface area contributed by atoms with Crippen LogP contribution >= 0.6 is 0 Å². The third-order valence-electron chi connectivity index (χ3n) is 1.57. The van der Waals surface area contributed by atoms with Crippen molar-refractivity contribution >= 4 is 9.76 Å². The lowest BCUT2D eigenvalue weighted by Crippen LogP contribution is -2.21. The van der Waals surface area contributed by atoms with Gasteiger partial charge in [0, 0.05) is 12.2 Å². The Balaban J connectivity index is 3.11. The number of ether oxygens (including phenoxy) is 1. The summed E-state index contributed by atoms with van der Waals surface area (Å²) in [5.41, 5.74) is 1.14. The number of rotatable bonds is 7. The Morgan fingerprint density at radius 3 is 2.50 bits per heavy atom. The fourth-order valence-electron chi connectivity index (χ4n) is 0.931. The van der Waals surface area contributed by atoms with Crippen molar-refractivity contribution < 1.29 is 9.16 Å². The fourth-order valence-corrected chi connectivity index (χ4v) is 2.10. The third kappa shape index (κ3) is 11.9. The monoisotopic (exact) mass is 216 g/mol. The highest BCUT2D eigenvalue weighted by Crippen LogP contribution is 2.06. The van der Waals surface area contributed by atoms with E-state index in [2.05, 4.69) is 27.4 Å². The average Bonchev–Trinajstić information content (AvgIpc) is 2.00. The van der Waals surface area contributed by atoms with Crippen LogP contribution in [0.4, 0.5) is 0 Å². The van der Waals surface area contributed by atoms with Gasteiger partial charge in [-0.05, 0) is 40.2 Å². The van der Waals surface area contributed by atoms with Gasteiger partial charge >= 0.3 is 0 Å². The van der Waals surface area contributed by atoms with E-state index in [1.807, 2.05) is 6.92 Å². The molecule has 0 rings (SSSR count). The van der Waals surface area contributed by atoms with Crippen molar-refractivity contribution in [3.63, 3.8) is 0 Å². The molecule has 84 valence electrons. The van der Waals surface area contributed by atoms with Crippen LogP contribution in [0.5, 0.6) is 0 Å². The summed E-state index contributed by atoms with van der Waals surface area (Å²) in [5, 5.41) is 0. The van der Waals surface area contributed by atoms with Crippen molar-refractivity contribution in [3.8, 4) is 0 Å². The van der Waals surface area contributed by atoms with Crippen molar-refractivity contribution in [3.05, 3.63) is 12.2 Å². The summed E-state index contributed by atoms with van der Waals surface area (Å²) in [5.74, 6) is 0. The molecule has 14 heavy (non-hydrogen) atoms. The molecule has 0 saturated heterocycles. The molecule has 0 N–H and O–H groups in total. The molecule has 0 heterocycles. The first-order valence-electron chi connectivity index (χ1n) is 5.28. The molecule has 0 radical (unpaired) electrons. The highest BCUT2D eigenvalue weighted by atomic mass is 28.2. The molecule has 0 unspecified atom stereocenters. The van der Waals surface area contributed by atoms with Crippen LogP contribution in [0.3, 0.4) is 0 Å². The summed E-state index contributed by atoms with van der Waals surface area (Å²) in [6.45, 7) is 13.6. The smallest absolute Gasteiger partial charge is 0.162 e. The second-order valence-corrected chi connectivity index (χ2v) is 6.08. The summed E-state index contributed by atoms with van der Waals surface area (Å²) < 4.78 is 11.1. The van der Waals surface area contributed by atoms with Crippen LogP contribution in [-0.4, -0.2) is 28.6 Å². The lowest BCUT2D eigenvalue weighted by molar-refractivity contribution is 0.133. The van der Waals surface area contributed by atoms with Gasteiger partial charge in [0.1, 0.15) is 0 Å². The van der Waals surface area contributed by atoms with E-state index in [0.29, 0.717) is 6.61 Å². The Bertz CT molecular complexity index is 161. The van der Waals surface area contributed by atoms with Gasteiger partial charge in [0.25, 0.3) is 0 Å². The number of hydrogen-bond acceptors (Lipinski definition) is 2. The molecule has 0 spiro atoms. The van der Waals surface area contributed by atoms with Gasteiger partial charge in [0.15, 0.2) is 9.76 Å². The van der Waals surface area contributed by atoms with Gasteiger partial charge < -0.3 is 9.16 Å². The van der Waals surface area contributed by atoms with E-state index in [1.54, 1.807) is 0 Å². The minimum Gasteiger partial charge on any atom is -0.419 e. The van der Waals surface area contributed by atoms with Crippen LogP contribution in [0.1, 0.15) is 34.1 Å². The van der Waals surface area contributed by atoms with Gasteiger partial charge in [0.2, 0.25) is 0 Å². The highest BCUT2D eigenvalue weighted by Gasteiger charge is 2.08. The Morgan fingerprint density at radius 1 is 1.36 bits per heavy atom. The second kappa shape index (κ2) is 7.21. The van der Waals surface area contributed by atoms with E-state index in [1.165, 1.54) is 6.04 Å². The Labute approximate surface area is 90.6 Å². The van der Waals surface area contributed by atoms with E-state index in [-0.39, 0.29) is 15.4 Å². The maximum Gasteiger partial charge on any atom is 0.162 e. The van der Waals surface area contributed by atoms with Crippen molar-refractivity contribution in [1.82, 2.24) is 0 Å². The van der Waals surface area contributed by atoms with E-state index in [4.69, 9.17) is 9.16 Å². The molecule has 0 fully saturated rings. The summed E-state index contributed by atoms with van der Waals surface area (Å²) in [6, 6.07) is 1.20. The van der Waals surface area contributed by atoms with Crippen molar-refractivity contribution in [2.24, 2.45) is 0 Å². The van der Waals surface area contributed by atoms with Crippen LogP contribution < -0.4 is 0 Å². The van der Waals surface area contributed by atoms with E-state index >= 15 is 0 Å². The first-order valence-corrected chi connectivity index (χ1v) is 6.85. The largest absolute Gasteiger partial charge is 0.419 e. The van der Waals surface area contributed by atoms with Gasteiger partial charge in [-0.15, -0.1) is 0 Å². The van der Waals surface area contributed by atoms with Crippen LogP contribution in [0.15, 0.2) is 12.2 Å². The SMILES string of the molecule is C=C(C)COCCC[SiH2]OC(C)(C)C. The normalized spacial score (nSPS) is 12.6. The van der Waals surface area contributed by atoms with Gasteiger partial charge in [-0.25, -0.2) is 0 Å². The summed E-state index contributed by atoms with van der Waals surface area (Å²) in [7, 11) is -0.343. The van der Waals surface area contributed by atoms with Crippen LogP contribution in [0.2, 0.25) is 6.04 Å². The Hall–Kier alpha value is -0.123. The van der Waals surface area contributed by atoms with Crippen molar-refractivity contribution in [2.45, 2.75) is 45.8 Å². The molecule has 0 saturated carbocycles. The molecular weight excluding hydrogens is 192 g/mol. The van der Waals surface area contributed by atoms with Gasteiger partial charge in [-0.3, -0.25) is 0 Å².